The summed E-state index contributed by atoms with van der Waals surface area (Å²) >= 11 is 10.8. The fourth-order valence-electron chi connectivity index (χ4n) is 0.382. The van der Waals surface area contributed by atoms with Crippen molar-refractivity contribution in [3.63, 3.8) is 0 Å². The molecule has 0 amide bonds. The van der Waals surface area contributed by atoms with Gasteiger partial charge >= 0.3 is 0 Å². The van der Waals surface area contributed by atoms with E-state index in [0.29, 0.717) is 0 Å². The Morgan fingerprint density at radius 3 is 2.50 bits per heavy atom. The Hall–Kier alpha value is -0.410. The van der Waals surface area contributed by atoms with Crippen LogP contribution in [0.4, 0.5) is 0 Å². The molecular weight excluding hydrogens is 173 g/mol. The second-order valence-corrected chi connectivity index (χ2v) is 2.00. The molecule has 0 atom stereocenters. The number of aryl methyl sites for hydroxylation is 1. The van der Waals surface area contributed by atoms with Crippen LogP contribution in [-0.4, -0.2) is 15.0 Å². The highest BCUT2D eigenvalue weighted by molar-refractivity contribution is 6.30. The van der Waals surface area contributed by atoms with E-state index in [1.165, 1.54) is 0 Å². The van der Waals surface area contributed by atoms with Crippen LogP contribution in [0.5, 0.6) is 0 Å². The SMILES string of the molecule is [2H]C([2H])([2H])C([2H])([2H])c1nc(Cl)nc(Cl)n1. The highest BCUT2D eigenvalue weighted by Crippen LogP contribution is 2.05. The van der Waals surface area contributed by atoms with Crippen LogP contribution in [0.1, 0.15) is 19.5 Å². The highest BCUT2D eigenvalue weighted by Gasteiger charge is 1.98. The van der Waals surface area contributed by atoms with Crippen molar-refractivity contribution in [2.75, 3.05) is 0 Å². The van der Waals surface area contributed by atoms with Crippen molar-refractivity contribution >= 4 is 23.2 Å². The van der Waals surface area contributed by atoms with E-state index in [1.807, 2.05) is 0 Å². The Morgan fingerprint density at radius 1 is 1.40 bits per heavy atom. The lowest BCUT2D eigenvalue weighted by Gasteiger charge is -1.94. The van der Waals surface area contributed by atoms with E-state index in [2.05, 4.69) is 15.0 Å². The Kier molecular flexibility index (Phi) is 1.04. The van der Waals surface area contributed by atoms with Gasteiger partial charge in [0.25, 0.3) is 0 Å². The van der Waals surface area contributed by atoms with Gasteiger partial charge in [-0.25, -0.2) is 9.97 Å². The van der Waals surface area contributed by atoms with Crippen molar-refractivity contribution in [3.8, 4) is 0 Å². The lowest BCUT2D eigenvalue weighted by Crippen LogP contribution is -1.95. The van der Waals surface area contributed by atoms with Gasteiger partial charge < -0.3 is 0 Å². The second-order valence-electron chi connectivity index (χ2n) is 1.32. The molecule has 0 radical (unpaired) electrons. The van der Waals surface area contributed by atoms with Crippen molar-refractivity contribution in [2.45, 2.75) is 13.2 Å². The molecule has 0 aromatic carbocycles. The number of aromatic nitrogens is 3. The van der Waals surface area contributed by atoms with Crippen molar-refractivity contribution in [3.05, 3.63) is 16.4 Å². The summed E-state index contributed by atoms with van der Waals surface area (Å²) in [5, 5.41) is -0.698. The van der Waals surface area contributed by atoms with E-state index in [-0.39, 0.29) is 10.6 Å². The second kappa shape index (κ2) is 3.12. The van der Waals surface area contributed by atoms with Gasteiger partial charge in [0.15, 0.2) is 0 Å². The fraction of sp³-hybridized carbons (Fsp3) is 0.400. The molecule has 10 heavy (non-hydrogen) atoms. The van der Waals surface area contributed by atoms with E-state index in [0.717, 1.165) is 0 Å². The minimum absolute atomic E-state index is 0.349. The van der Waals surface area contributed by atoms with Crippen molar-refractivity contribution < 1.29 is 6.85 Å². The van der Waals surface area contributed by atoms with Gasteiger partial charge in [-0.15, -0.1) is 0 Å². The molecule has 54 valence electrons. The average molecular weight is 183 g/mol. The first-order valence-corrected chi connectivity index (χ1v) is 2.98. The van der Waals surface area contributed by atoms with E-state index in [4.69, 9.17) is 30.1 Å². The highest BCUT2D eigenvalue weighted by atomic mass is 35.5. The van der Waals surface area contributed by atoms with Gasteiger partial charge in [-0.2, -0.15) is 4.98 Å². The summed E-state index contributed by atoms with van der Waals surface area (Å²) in [5.41, 5.74) is 0. The topological polar surface area (TPSA) is 38.7 Å². The third-order valence-electron chi connectivity index (χ3n) is 0.693. The first kappa shape index (κ1) is 3.32. The molecule has 0 fully saturated rings. The molecule has 1 aromatic heterocycles. The molecule has 0 aliphatic rings. The van der Waals surface area contributed by atoms with Crippen LogP contribution in [-0.2, 0) is 6.37 Å². The number of rotatable bonds is 1. The Morgan fingerprint density at radius 2 is 2.00 bits per heavy atom. The zero-order valence-corrected chi connectivity index (χ0v) is 6.11. The van der Waals surface area contributed by atoms with Crippen LogP contribution in [0.2, 0.25) is 10.6 Å². The molecule has 3 nitrogen and oxygen atoms in total. The number of nitrogens with zero attached hydrogens (tertiary/aromatic N) is 3. The van der Waals surface area contributed by atoms with Gasteiger partial charge in [0.1, 0.15) is 5.82 Å². The molecule has 1 heterocycles. The van der Waals surface area contributed by atoms with Crippen molar-refractivity contribution in [1.82, 2.24) is 15.0 Å². The minimum atomic E-state index is -2.90. The molecule has 0 unspecified atom stereocenters. The normalized spacial score (nSPS) is 20.0. The molecule has 0 spiro atoms. The summed E-state index contributed by atoms with van der Waals surface area (Å²) in [7, 11) is 0. The zero-order chi connectivity index (χ0) is 11.9. The van der Waals surface area contributed by atoms with Crippen LogP contribution >= 0.6 is 23.2 Å². The molecule has 0 aliphatic carbocycles. The quantitative estimate of drug-likeness (QED) is 0.665. The predicted octanol–water partition coefficient (Wildman–Crippen LogP) is 1.74. The Bertz CT molecular complexity index is 359. The van der Waals surface area contributed by atoms with E-state index in [9.17, 15) is 0 Å². The fourth-order valence-corrected chi connectivity index (χ4v) is 0.745. The first-order chi connectivity index (χ1) is 6.64. The standard InChI is InChI=1S/C5H5Cl2N3/c1-2-3-8-4(6)10-5(7)9-3/h2H2,1H3/i1D3,2D2. The van der Waals surface area contributed by atoms with Crippen LogP contribution in [0.3, 0.4) is 0 Å². The summed E-state index contributed by atoms with van der Waals surface area (Å²) in [6.07, 6.45) is -2.72. The van der Waals surface area contributed by atoms with Gasteiger partial charge in [-0.3, -0.25) is 0 Å². The maximum absolute atomic E-state index is 7.35. The summed E-state index contributed by atoms with van der Waals surface area (Å²) in [5.74, 6) is -0.604. The molecular formula is C5H5Cl2N3. The summed E-state index contributed by atoms with van der Waals surface area (Å²) < 4.78 is 35.6. The Labute approximate surface area is 75.5 Å². The molecule has 0 N–H and O–H groups in total. The van der Waals surface area contributed by atoms with Crippen LogP contribution in [0.25, 0.3) is 0 Å². The molecule has 5 heteroatoms. The maximum atomic E-state index is 7.35. The maximum Gasteiger partial charge on any atom is 0.226 e. The molecule has 0 saturated heterocycles. The number of hydrogen-bond acceptors (Lipinski definition) is 3. The van der Waals surface area contributed by atoms with Crippen LogP contribution < -0.4 is 0 Å². The summed E-state index contributed by atoms with van der Waals surface area (Å²) in [6, 6.07) is 0. The van der Waals surface area contributed by atoms with Gasteiger partial charge in [0.05, 0.1) is 0 Å². The molecule has 1 aromatic rings. The Balaban J connectivity index is 3.27. The van der Waals surface area contributed by atoms with Gasteiger partial charge in [0, 0.05) is 13.2 Å². The zero-order valence-electron chi connectivity index (χ0n) is 9.60. The molecule has 0 saturated carbocycles. The van der Waals surface area contributed by atoms with E-state index >= 15 is 0 Å². The van der Waals surface area contributed by atoms with Crippen LogP contribution in [0, 0.1) is 0 Å². The van der Waals surface area contributed by atoms with E-state index in [1.54, 1.807) is 0 Å². The smallest absolute Gasteiger partial charge is 0.203 e. The summed E-state index contributed by atoms with van der Waals surface area (Å²) in [4.78, 5) is 10.2. The van der Waals surface area contributed by atoms with E-state index < -0.39 is 19.0 Å². The van der Waals surface area contributed by atoms with Gasteiger partial charge in [-0.1, -0.05) is 6.85 Å². The van der Waals surface area contributed by atoms with Gasteiger partial charge in [0.2, 0.25) is 10.6 Å². The lowest BCUT2D eigenvalue weighted by molar-refractivity contribution is 0.898. The molecule has 0 bridgehead atoms. The number of halogens is 2. The third-order valence-corrected chi connectivity index (χ3v) is 1.03. The molecule has 1 rings (SSSR count). The minimum Gasteiger partial charge on any atom is -0.203 e. The predicted molar refractivity (Wildman–Crippen MR) is 39.2 cm³/mol. The molecule has 0 aliphatic heterocycles. The average Bonchev–Trinajstić information content (AvgIpc) is 1.99. The van der Waals surface area contributed by atoms with Crippen molar-refractivity contribution in [2.24, 2.45) is 0 Å². The number of hydrogen-bond donors (Lipinski definition) is 0. The van der Waals surface area contributed by atoms with Crippen LogP contribution in [0.15, 0.2) is 0 Å². The van der Waals surface area contributed by atoms with Crippen molar-refractivity contribution in [1.29, 1.82) is 0 Å². The summed E-state index contributed by atoms with van der Waals surface area (Å²) in [6.45, 7) is -2.90. The first-order valence-electron chi connectivity index (χ1n) is 4.72. The largest absolute Gasteiger partial charge is 0.226 e. The monoisotopic (exact) mass is 182 g/mol. The third kappa shape index (κ3) is 1.78. The lowest BCUT2D eigenvalue weighted by atomic mass is 10.5. The van der Waals surface area contributed by atoms with Gasteiger partial charge in [-0.05, 0) is 23.2 Å².